The van der Waals surface area contributed by atoms with Crippen LogP contribution >= 0.6 is 0 Å². The maximum Gasteiger partial charge on any atom is 0.161 e. The van der Waals surface area contributed by atoms with Crippen LogP contribution in [0.3, 0.4) is 0 Å². The highest BCUT2D eigenvalue weighted by Gasteiger charge is 2.20. The average Bonchev–Trinajstić information content (AvgIpc) is 2.67. The second kappa shape index (κ2) is 7.47. The number of rotatable bonds is 6. The summed E-state index contributed by atoms with van der Waals surface area (Å²) in [6.45, 7) is 0.774. The minimum Gasteiger partial charge on any atom is -0.497 e. The maximum absolute atomic E-state index is 5.52. The van der Waals surface area contributed by atoms with E-state index >= 15 is 0 Å². The normalized spacial score (nSPS) is 12.9. The Labute approximate surface area is 148 Å². The molecule has 0 bridgehead atoms. The Morgan fingerprint density at radius 2 is 1.56 bits per heavy atom. The number of methoxy groups -OCH3 is 4. The molecule has 0 aliphatic carbocycles. The summed E-state index contributed by atoms with van der Waals surface area (Å²) >= 11 is 0. The molecular weight excluding hydrogens is 318 g/mol. The third-order valence-electron chi connectivity index (χ3n) is 4.46. The zero-order valence-corrected chi connectivity index (χ0v) is 15.1. The van der Waals surface area contributed by atoms with Gasteiger partial charge in [0.25, 0.3) is 0 Å². The fraction of sp³-hybridized carbons (Fsp3) is 0.350. The Morgan fingerprint density at radius 3 is 2.24 bits per heavy atom. The van der Waals surface area contributed by atoms with E-state index in [4.69, 9.17) is 23.9 Å². The monoisotopic (exact) mass is 341 g/mol. The average molecular weight is 341 g/mol. The van der Waals surface area contributed by atoms with Gasteiger partial charge in [0.05, 0.1) is 28.4 Å². The summed E-state index contributed by atoms with van der Waals surface area (Å²) < 4.78 is 21.7. The van der Waals surface area contributed by atoms with Crippen LogP contribution in [0, 0.1) is 0 Å². The van der Waals surface area contributed by atoms with Crippen LogP contribution in [0.1, 0.15) is 16.7 Å². The van der Waals surface area contributed by atoms with Crippen molar-refractivity contribution < 1.29 is 18.9 Å². The highest BCUT2D eigenvalue weighted by molar-refractivity contribution is 6.04. The van der Waals surface area contributed by atoms with Crippen molar-refractivity contribution in [2.75, 3.05) is 35.0 Å². The van der Waals surface area contributed by atoms with Gasteiger partial charge in [-0.3, -0.25) is 4.99 Å². The lowest BCUT2D eigenvalue weighted by atomic mass is 9.92. The molecule has 25 heavy (non-hydrogen) atoms. The molecule has 1 heterocycles. The first-order valence-electron chi connectivity index (χ1n) is 8.19. The molecule has 1 aliphatic rings. The summed E-state index contributed by atoms with van der Waals surface area (Å²) in [4.78, 5) is 4.75. The smallest absolute Gasteiger partial charge is 0.161 e. The molecule has 0 spiro atoms. The predicted octanol–water partition coefficient (Wildman–Crippen LogP) is 3.31. The second-order valence-electron chi connectivity index (χ2n) is 5.80. The van der Waals surface area contributed by atoms with Crippen molar-refractivity contribution >= 4 is 5.71 Å². The molecule has 0 unspecified atom stereocenters. The Kier molecular flexibility index (Phi) is 5.12. The molecule has 0 fully saturated rings. The van der Waals surface area contributed by atoms with Crippen LogP contribution in [-0.4, -0.2) is 40.7 Å². The van der Waals surface area contributed by atoms with Gasteiger partial charge in [-0.25, -0.2) is 0 Å². The van der Waals surface area contributed by atoms with Crippen molar-refractivity contribution in [1.29, 1.82) is 0 Å². The first-order valence-corrected chi connectivity index (χ1v) is 8.19. The Bertz CT molecular complexity index is 799. The Morgan fingerprint density at radius 1 is 0.840 bits per heavy atom. The molecule has 0 saturated heterocycles. The number of hydrogen-bond acceptors (Lipinski definition) is 5. The van der Waals surface area contributed by atoms with Crippen molar-refractivity contribution in [1.82, 2.24) is 0 Å². The SMILES string of the molecule is COc1ccc(CC2=NCCc3cc(OC)c(OC)cc32)c(OC)c1. The molecule has 1 aliphatic heterocycles. The van der Waals surface area contributed by atoms with Crippen LogP contribution in [0.4, 0.5) is 0 Å². The first-order chi connectivity index (χ1) is 12.2. The van der Waals surface area contributed by atoms with Gasteiger partial charge >= 0.3 is 0 Å². The summed E-state index contributed by atoms with van der Waals surface area (Å²) in [6.07, 6.45) is 1.59. The molecule has 2 aromatic rings. The zero-order chi connectivity index (χ0) is 17.8. The van der Waals surface area contributed by atoms with E-state index in [-0.39, 0.29) is 0 Å². The number of fused-ring (bicyclic) bond motifs is 1. The van der Waals surface area contributed by atoms with E-state index < -0.39 is 0 Å². The molecule has 0 atom stereocenters. The van der Waals surface area contributed by atoms with Gasteiger partial charge in [0.1, 0.15) is 11.5 Å². The van der Waals surface area contributed by atoms with Crippen LogP contribution in [0.2, 0.25) is 0 Å². The van der Waals surface area contributed by atoms with Gasteiger partial charge in [0.2, 0.25) is 0 Å². The van der Waals surface area contributed by atoms with Gasteiger partial charge < -0.3 is 18.9 Å². The standard InChI is InChI=1S/C20H23NO4/c1-22-15-6-5-14(18(11-15)23-2)9-17-16-12-20(25-4)19(24-3)10-13(16)7-8-21-17/h5-6,10-12H,7-9H2,1-4H3. The van der Waals surface area contributed by atoms with Crippen LogP contribution in [0.25, 0.3) is 0 Å². The number of nitrogens with zero attached hydrogens (tertiary/aromatic N) is 1. The first kappa shape index (κ1) is 17.1. The lowest BCUT2D eigenvalue weighted by Gasteiger charge is -2.20. The summed E-state index contributed by atoms with van der Waals surface area (Å²) in [5.74, 6) is 3.05. The van der Waals surface area contributed by atoms with E-state index in [9.17, 15) is 0 Å². The molecule has 132 valence electrons. The predicted molar refractivity (Wildman–Crippen MR) is 97.9 cm³/mol. The summed E-state index contributed by atoms with van der Waals surface area (Å²) in [7, 11) is 6.62. The minimum atomic E-state index is 0.690. The molecule has 0 aromatic heterocycles. The van der Waals surface area contributed by atoms with E-state index in [2.05, 4.69) is 0 Å². The lowest BCUT2D eigenvalue weighted by molar-refractivity contribution is 0.354. The number of aliphatic imine (C=N–C) groups is 1. The van der Waals surface area contributed by atoms with Crippen LogP contribution in [0.5, 0.6) is 23.0 Å². The van der Waals surface area contributed by atoms with E-state index in [1.165, 1.54) is 5.56 Å². The molecule has 0 N–H and O–H groups in total. The van der Waals surface area contributed by atoms with E-state index in [1.807, 2.05) is 30.3 Å². The van der Waals surface area contributed by atoms with Crippen LogP contribution < -0.4 is 18.9 Å². The van der Waals surface area contributed by atoms with Gasteiger partial charge in [-0.15, -0.1) is 0 Å². The van der Waals surface area contributed by atoms with Crippen LogP contribution in [-0.2, 0) is 12.8 Å². The molecule has 2 aromatic carbocycles. The zero-order valence-electron chi connectivity index (χ0n) is 15.1. The molecule has 0 radical (unpaired) electrons. The third kappa shape index (κ3) is 3.40. The highest BCUT2D eigenvalue weighted by Crippen LogP contribution is 2.34. The fourth-order valence-electron chi connectivity index (χ4n) is 3.12. The Hall–Kier alpha value is -2.69. The third-order valence-corrected chi connectivity index (χ3v) is 4.46. The molecule has 5 nitrogen and oxygen atoms in total. The minimum absolute atomic E-state index is 0.690. The lowest BCUT2D eigenvalue weighted by Crippen LogP contribution is -2.16. The van der Waals surface area contributed by atoms with Gasteiger partial charge in [-0.2, -0.15) is 0 Å². The molecular formula is C20H23NO4. The summed E-state index contributed by atoms with van der Waals surface area (Å²) in [5.41, 5.74) is 4.45. The number of benzene rings is 2. The van der Waals surface area contributed by atoms with Gasteiger partial charge in [-0.05, 0) is 30.2 Å². The van der Waals surface area contributed by atoms with E-state index in [0.717, 1.165) is 52.8 Å². The topological polar surface area (TPSA) is 49.3 Å². The Balaban J connectivity index is 1.97. The molecule has 5 heteroatoms. The maximum atomic E-state index is 5.52. The summed E-state index contributed by atoms with van der Waals surface area (Å²) in [6, 6.07) is 9.93. The van der Waals surface area contributed by atoms with Crippen molar-refractivity contribution in [3.05, 3.63) is 47.0 Å². The van der Waals surface area contributed by atoms with Crippen molar-refractivity contribution in [3.63, 3.8) is 0 Å². The molecule has 0 amide bonds. The van der Waals surface area contributed by atoms with E-state index in [0.29, 0.717) is 6.42 Å². The van der Waals surface area contributed by atoms with Gasteiger partial charge in [0.15, 0.2) is 11.5 Å². The van der Waals surface area contributed by atoms with E-state index in [1.54, 1.807) is 28.4 Å². The number of ether oxygens (including phenoxy) is 4. The molecule has 3 rings (SSSR count). The fourth-order valence-corrected chi connectivity index (χ4v) is 3.12. The van der Waals surface area contributed by atoms with Gasteiger partial charge in [-0.1, -0.05) is 6.07 Å². The largest absolute Gasteiger partial charge is 0.497 e. The second-order valence-corrected chi connectivity index (χ2v) is 5.80. The van der Waals surface area contributed by atoms with Crippen molar-refractivity contribution in [2.45, 2.75) is 12.8 Å². The van der Waals surface area contributed by atoms with Crippen molar-refractivity contribution in [2.24, 2.45) is 4.99 Å². The van der Waals surface area contributed by atoms with Gasteiger partial charge in [0, 0.05) is 35.9 Å². The van der Waals surface area contributed by atoms with Crippen molar-refractivity contribution in [3.8, 4) is 23.0 Å². The quantitative estimate of drug-likeness (QED) is 0.809. The highest BCUT2D eigenvalue weighted by atomic mass is 16.5. The summed E-state index contributed by atoms with van der Waals surface area (Å²) in [5, 5.41) is 0. The molecule has 0 saturated carbocycles. The number of hydrogen-bond donors (Lipinski definition) is 0. The van der Waals surface area contributed by atoms with Crippen LogP contribution in [0.15, 0.2) is 35.3 Å².